The maximum Gasteiger partial charge on any atom is 0.111 e. The second-order valence-corrected chi connectivity index (χ2v) is 9.10. The molecule has 0 saturated carbocycles. The smallest absolute Gasteiger partial charge is 0.111 e. The second kappa shape index (κ2) is 6.45. The Labute approximate surface area is 159 Å². The Hall–Kier alpha value is -0.880. The van der Waals surface area contributed by atoms with Crippen LogP contribution in [0.2, 0.25) is 0 Å². The van der Waals surface area contributed by atoms with Gasteiger partial charge < -0.3 is 9.67 Å². The van der Waals surface area contributed by atoms with Crippen molar-refractivity contribution in [1.82, 2.24) is 9.88 Å². The van der Waals surface area contributed by atoms with Crippen LogP contribution in [0.15, 0.2) is 45.3 Å². The van der Waals surface area contributed by atoms with Crippen LogP contribution in [0, 0.1) is 0 Å². The molecule has 0 bridgehead atoms. The van der Waals surface area contributed by atoms with E-state index in [1.807, 2.05) is 19.1 Å². The van der Waals surface area contributed by atoms with Gasteiger partial charge >= 0.3 is 0 Å². The Morgan fingerprint density at radius 1 is 0.958 bits per heavy atom. The van der Waals surface area contributed by atoms with Crippen LogP contribution in [0.4, 0.5) is 0 Å². The fraction of sp³-hybridized carbons (Fsp3) is 0.368. The van der Waals surface area contributed by atoms with E-state index in [9.17, 15) is 5.11 Å². The number of benzene rings is 2. The molecule has 0 radical (unpaired) electrons. The van der Waals surface area contributed by atoms with E-state index in [4.69, 9.17) is 0 Å². The fourth-order valence-electron chi connectivity index (χ4n) is 3.14. The average molecular weight is 454 g/mol. The number of fused-ring (bicyclic) bond motifs is 3. The molecule has 0 fully saturated rings. The number of hydrogen-bond acceptors (Lipinski definition) is 2. The Morgan fingerprint density at radius 3 is 1.79 bits per heavy atom. The number of aromatic nitrogens is 1. The summed E-state index contributed by atoms with van der Waals surface area (Å²) in [4.78, 5) is 0. The number of rotatable bonds is 3. The summed E-state index contributed by atoms with van der Waals surface area (Å²) in [5.74, 6) is 0. The van der Waals surface area contributed by atoms with E-state index in [1.165, 1.54) is 10.8 Å². The molecule has 5 heteroatoms. The van der Waals surface area contributed by atoms with Gasteiger partial charge in [-0.3, -0.25) is 5.32 Å². The average Bonchev–Trinajstić information content (AvgIpc) is 2.77. The molecule has 2 unspecified atom stereocenters. The van der Waals surface area contributed by atoms with Crippen molar-refractivity contribution in [2.45, 2.75) is 45.5 Å². The number of nitrogens with zero attached hydrogens (tertiary/aromatic N) is 1. The normalized spacial score (nSPS) is 15.1. The van der Waals surface area contributed by atoms with Gasteiger partial charge in [0.15, 0.2) is 0 Å². The minimum Gasteiger partial charge on any atom is -0.390 e. The zero-order valence-electron chi connectivity index (χ0n) is 14.3. The fourth-order valence-corrected chi connectivity index (χ4v) is 3.86. The first-order chi connectivity index (χ1) is 11.2. The maximum absolute atomic E-state index is 10.5. The Bertz CT molecular complexity index is 834. The zero-order chi connectivity index (χ0) is 17.6. The van der Waals surface area contributed by atoms with Crippen molar-refractivity contribution >= 4 is 53.7 Å². The molecule has 2 N–H and O–H groups in total. The van der Waals surface area contributed by atoms with Gasteiger partial charge in [-0.25, -0.2) is 0 Å². The second-order valence-electron chi connectivity index (χ2n) is 7.27. The molecule has 3 nitrogen and oxygen atoms in total. The number of halogens is 2. The van der Waals surface area contributed by atoms with Crippen LogP contribution in [0.1, 0.15) is 33.9 Å². The highest BCUT2D eigenvalue weighted by Crippen LogP contribution is 2.35. The van der Waals surface area contributed by atoms with Crippen LogP contribution in [-0.2, 0) is 0 Å². The van der Waals surface area contributed by atoms with Crippen LogP contribution in [0.25, 0.3) is 21.8 Å². The van der Waals surface area contributed by atoms with E-state index in [0.717, 1.165) is 20.0 Å². The van der Waals surface area contributed by atoms with Gasteiger partial charge in [0.2, 0.25) is 0 Å². The van der Waals surface area contributed by atoms with Crippen LogP contribution in [0.3, 0.4) is 0 Å². The summed E-state index contributed by atoms with van der Waals surface area (Å²) in [6.45, 7) is 8.18. The quantitative estimate of drug-likeness (QED) is 0.542. The lowest BCUT2D eigenvalue weighted by Gasteiger charge is -2.32. The van der Waals surface area contributed by atoms with E-state index in [-0.39, 0.29) is 11.7 Å². The number of nitrogens with one attached hydrogen (secondary N) is 1. The summed E-state index contributed by atoms with van der Waals surface area (Å²) in [6, 6.07) is 12.6. The van der Waals surface area contributed by atoms with Gasteiger partial charge in [0.05, 0.1) is 17.1 Å². The number of aliphatic hydroxyl groups is 1. The SMILES string of the molecule is CC(O)C(NC(C)(C)C)n1c2ccc(Br)cc2c2cc(Br)ccc21. The highest BCUT2D eigenvalue weighted by atomic mass is 79.9. The van der Waals surface area contributed by atoms with Crippen LogP contribution < -0.4 is 5.32 Å². The third kappa shape index (κ3) is 3.40. The molecule has 2 aromatic carbocycles. The molecule has 2 atom stereocenters. The number of aliphatic hydroxyl groups excluding tert-OH is 1. The zero-order valence-corrected chi connectivity index (χ0v) is 17.4. The van der Waals surface area contributed by atoms with Crippen LogP contribution in [-0.4, -0.2) is 21.3 Å². The van der Waals surface area contributed by atoms with Gasteiger partial charge in [0, 0.05) is 25.3 Å². The van der Waals surface area contributed by atoms with Crippen LogP contribution >= 0.6 is 31.9 Å². The first kappa shape index (κ1) is 17.9. The first-order valence-corrected chi connectivity index (χ1v) is 9.60. The summed E-state index contributed by atoms with van der Waals surface area (Å²) in [5, 5.41) is 16.4. The van der Waals surface area contributed by atoms with Crippen molar-refractivity contribution in [3.63, 3.8) is 0 Å². The third-order valence-electron chi connectivity index (χ3n) is 4.04. The van der Waals surface area contributed by atoms with Gasteiger partial charge in [-0.05, 0) is 64.1 Å². The van der Waals surface area contributed by atoms with E-state index < -0.39 is 6.10 Å². The lowest BCUT2D eigenvalue weighted by molar-refractivity contribution is 0.0967. The molecule has 0 amide bonds. The van der Waals surface area contributed by atoms with E-state index in [2.05, 4.69) is 86.8 Å². The van der Waals surface area contributed by atoms with E-state index in [1.54, 1.807) is 0 Å². The molecule has 1 aromatic heterocycles. The molecule has 128 valence electrons. The van der Waals surface area contributed by atoms with Crippen molar-refractivity contribution in [3.05, 3.63) is 45.3 Å². The molecule has 0 aliphatic rings. The molecule has 1 heterocycles. The Balaban J connectivity index is 2.35. The summed E-state index contributed by atoms with van der Waals surface area (Å²) < 4.78 is 4.30. The summed E-state index contributed by atoms with van der Waals surface area (Å²) in [7, 11) is 0. The van der Waals surface area contributed by atoms with E-state index in [0.29, 0.717) is 0 Å². The molecular weight excluding hydrogens is 432 g/mol. The highest BCUT2D eigenvalue weighted by molar-refractivity contribution is 9.10. The predicted octanol–water partition coefficient (Wildman–Crippen LogP) is 5.59. The Kier molecular flexibility index (Phi) is 4.82. The van der Waals surface area contributed by atoms with Gasteiger partial charge in [-0.2, -0.15) is 0 Å². The van der Waals surface area contributed by atoms with Crippen molar-refractivity contribution in [1.29, 1.82) is 0 Å². The summed E-state index contributed by atoms with van der Waals surface area (Å²) >= 11 is 7.15. The van der Waals surface area contributed by atoms with Gasteiger partial charge in [-0.15, -0.1) is 0 Å². The lowest BCUT2D eigenvalue weighted by Crippen LogP contribution is -2.45. The number of hydrogen-bond donors (Lipinski definition) is 2. The van der Waals surface area contributed by atoms with Crippen molar-refractivity contribution in [2.24, 2.45) is 0 Å². The maximum atomic E-state index is 10.5. The standard InChI is InChI=1S/C19H22Br2N2O/c1-11(24)18(22-19(2,3)4)23-16-7-5-12(20)9-14(16)15-10-13(21)6-8-17(15)23/h5-11,18,22,24H,1-4H3. The Morgan fingerprint density at radius 2 is 1.42 bits per heavy atom. The summed E-state index contributed by atoms with van der Waals surface area (Å²) in [6.07, 6.45) is -0.748. The van der Waals surface area contributed by atoms with Crippen molar-refractivity contribution < 1.29 is 5.11 Å². The third-order valence-corrected chi connectivity index (χ3v) is 5.03. The molecule has 0 saturated heterocycles. The minimum absolute atomic E-state index is 0.116. The largest absolute Gasteiger partial charge is 0.390 e. The monoisotopic (exact) mass is 452 g/mol. The predicted molar refractivity (Wildman–Crippen MR) is 108 cm³/mol. The molecule has 0 aliphatic heterocycles. The molecule has 24 heavy (non-hydrogen) atoms. The molecular formula is C19H22Br2N2O. The molecule has 0 spiro atoms. The van der Waals surface area contributed by atoms with Gasteiger partial charge in [0.1, 0.15) is 6.17 Å². The minimum atomic E-state index is -0.532. The topological polar surface area (TPSA) is 37.2 Å². The first-order valence-electron chi connectivity index (χ1n) is 8.02. The molecule has 3 rings (SSSR count). The highest BCUT2D eigenvalue weighted by Gasteiger charge is 2.26. The van der Waals surface area contributed by atoms with Gasteiger partial charge in [0.25, 0.3) is 0 Å². The lowest BCUT2D eigenvalue weighted by atomic mass is 10.1. The summed E-state index contributed by atoms with van der Waals surface area (Å²) in [5.41, 5.74) is 2.10. The van der Waals surface area contributed by atoms with Crippen molar-refractivity contribution in [2.75, 3.05) is 0 Å². The van der Waals surface area contributed by atoms with Crippen molar-refractivity contribution in [3.8, 4) is 0 Å². The molecule has 3 aromatic rings. The van der Waals surface area contributed by atoms with Gasteiger partial charge in [-0.1, -0.05) is 31.9 Å². The molecule has 0 aliphatic carbocycles. The van der Waals surface area contributed by atoms with E-state index >= 15 is 0 Å². The van der Waals surface area contributed by atoms with Crippen LogP contribution in [0.5, 0.6) is 0 Å².